The van der Waals surface area contributed by atoms with E-state index in [0.717, 1.165) is 5.69 Å². The summed E-state index contributed by atoms with van der Waals surface area (Å²) in [5, 5.41) is 0. The largest absolute Gasteiger partial charge is 0.309 e. The average Bonchev–Trinajstić information content (AvgIpc) is 2.41. The fourth-order valence-corrected chi connectivity index (χ4v) is 2.32. The highest BCUT2D eigenvalue weighted by atomic mass is 16.2. The number of hydrogen-bond donors (Lipinski definition) is 0. The van der Waals surface area contributed by atoms with Crippen LogP contribution in [0.25, 0.3) is 0 Å². The Morgan fingerprint density at radius 3 is 2.71 bits per heavy atom. The van der Waals surface area contributed by atoms with Crippen LogP contribution in [0.1, 0.15) is 24.8 Å². The zero-order valence-electron chi connectivity index (χ0n) is 8.07. The minimum Gasteiger partial charge on any atom is -0.309 e. The van der Waals surface area contributed by atoms with Crippen molar-refractivity contribution in [2.45, 2.75) is 31.7 Å². The summed E-state index contributed by atoms with van der Waals surface area (Å²) >= 11 is 0. The zero-order chi connectivity index (χ0) is 9.54. The molecular weight excluding hydrogens is 174 g/mol. The Kier molecular flexibility index (Phi) is 1.63. The Morgan fingerprint density at radius 2 is 2.00 bits per heavy atom. The van der Waals surface area contributed by atoms with Gasteiger partial charge in [0.1, 0.15) is 0 Å². The van der Waals surface area contributed by atoms with Gasteiger partial charge in [-0.25, -0.2) is 0 Å². The molecule has 0 N–H and O–H groups in total. The van der Waals surface area contributed by atoms with Gasteiger partial charge >= 0.3 is 0 Å². The van der Waals surface area contributed by atoms with E-state index < -0.39 is 0 Å². The lowest BCUT2D eigenvalue weighted by Crippen LogP contribution is -2.42. The van der Waals surface area contributed by atoms with Gasteiger partial charge in [0.2, 0.25) is 5.91 Å². The molecule has 2 aliphatic rings. The number of hydrogen-bond acceptors (Lipinski definition) is 1. The van der Waals surface area contributed by atoms with Crippen molar-refractivity contribution in [3.05, 3.63) is 29.8 Å². The molecule has 0 bridgehead atoms. The number of carbonyl (C=O) groups is 1. The Balaban J connectivity index is 2.01. The van der Waals surface area contributed by atoms with E-state index >= 15 is 0 Å². The molecule has 1 heterocycles. The monoisotopic (exact) mass is 187 g/mol. The van der Waals surface area contributed by atoms with Gasteiger partial charge in [0, 0.05) is 11.7 Å². The molecule has 14 heavy (non-hydrogen) atoms. The maximum Gasteiger partial charge on any atom is 0.231 e. The van der Waals surface area contributed by atoms with Crippen LogP contribution in [0, 0.1) is 0 Å². The van der Waals surface area contributed by atoms with E-state index in [9.17, 15) is 4.79 Å². The summed E-state index contributed by atoms with van der Waals surface area (Å²) in [7, 11) is 0. The molecule has 0 radical (unpaired) electrons. The fourth-order valence-electron chi connectivity index (χ4n) is 2.32. The Labute approximate surface area is 83.5 Å². The van der Waals surface area contributed by atoms with E-state index in [0.29, 0.717) is 12.5 Å². The van der Waals surface area contributed by atoms with Crippen LogP contribution in [0.4, 0.5) is 5.69 Å². The Morgan fingerprint density at radius 1 is 1.21 bits per heavy atom. The van der Waals surface area contributed by atoms with Crippen molar-refractivity contribution in [1.29, 1.82) is 0 Å². The number of benzene rings is 1. The van der Waals surface area contributed by atoms with E-state index in [1.54, 1.807) is 0 Å². The molecule has 72 valence electrons. The maximum atomic E-state index is 11.8. The fraction of sp³-hybridized carbons (Fsp3) is 0.417. The summed E-state index contributed by atoms with van der Waals surface area (Å²) in [5.74, 6) is 0.288. The second kappa shape index (κ2) is 2.84. The van der Waals surface area contributed by atoms with Crippen LogP contribution < -0.4 is 4.90 Å². The lowest BCUT2D eigenvalue weighted by Gasteiger charge is -2.35. The molecule has 2 nitrogen and oxygen atoms in total. The third kappa shape index (κ3) is 0.999. The molecule has 0 aromatic heterocycles. The SMILES string of the molecule is O=C1Cc2ccccc2N1C1CCC1. The van der Waals surface area contributed by atoms with Gasteiger partial charge < -0.3 is 4.90 Å². The zero-order valence-corrected chi connectivity index (χ0v) is 8.07. The molecule has 1 aliphatic carbocycles. The molecule has 0 spiro atoms. The first kappa shape index (κ1) is 8.04. The number of para-hydroxylation sites is 1. The molecule has 0 unspecified atom stereocenters. The number of carbonyl (C=O) groups excluding carboxylic acids is 1. The molecule has 1 aromatic rings. The number of anilines is 1. The van der Waals surface area contributed by atoms with Crippen LogP contribution >= 0.6 is 0 Å². The number of rotatable bonds is 1. The van der Waals surface area contributed by atoms with Crippen molar-refractivity contribution >= 4 is 11.6 Å². The number of fused-ring (bicyclic) bond motifs is 1. The van der Waals surface area contributed by atoms with Crippen LogP contribution in [0.2, 0.25) is 0 Å². The van der Waals surface area contributed by atoms with Crippen LogP contribution in [-0.4, -0.2) is 11.9 Å². The predicted octanol–water partition coefficient (Wildman–Crippen LogP) is 2.13. The molecule has 3 rings (SSSR count). The Bertz CT molecular complexity index is 382. The van der Waals surface area contributed by atoms with E-state index in [-0.39, 0.29) is 5.91 Å². The first-order chi connectivity index (χ1) is 6.86. The minimum absolute atomic E-state index is 0.288. The minimum atomic E-state index is 0.288. The van der Waals surface area contributed by atoms with Gasteiger partial charge in [-0.1, -0.05) is 18.2 Å². The molecule has 1 fully saturated rings. The summed E-state index contributed by atoms with van der Waals surface area (Å²) in [4.78, 5) is 13.8. The summed E-state index contributed by atoms with van der Waals surface area (Å²) < 4.78 is 0. The first-order valence-corrected chi connectivity index (χ1v) is 5.26. The van der Waals surface area contributed by atoms with E-state index in [4.69, 9.17) is 0 Å². The van der Waals surface area contributed by atoms with Crippen molar-refractivity contribution < 1.29 is 4.79 Å². The van der Waals surface area contributed by atoms with Gasteiger partial charge in [-0.3, -0.25) is 4.79 Å². The standard InChI is InChI=1S/C12H13NO/c14-12-8-9-4-1-2-7-11(9)13(12)10-5-3-6-10/h1-2,4,7,10H,3,5-6,8H2. The summed E-state index contributed by atoms with van der Waals surface area (Å²) in [6.07, 6.45) is 4.24. The third-order valence-electron chi connectivity index (χ3n) is 3.30. The number of amides is 1. The smallest absolute Gasteiger partial charge is 0.231 e. The lowest BCUT2D eigenvalue weighted by molar-refractivity contribution is -0.118. The maximum absolute atomic E-state index is 11.8. The summed E-state index contributed by atoms with van der Waals surface area (Å²) in [5.41, 5.74) is 2.35. The van der Waals surface area contributed by atoms with Gasteiger partial charge in [0.15, 0.2) is 0 Å². The highest BCUT2D eigenvalue weighted by Gasteiger charge is 2.35. The van der Waals surface area contributed by atoms with Crippen LogP contribution in [-0.2, 0) is 11.2 Å². The van der Waals surface area contributed by atoms with E-state index in [1.807, 2.05) is 17.0 Å². The van der Waals surface area contributed by atoms with Gasteiger partial charge in [-0.2, -0.15) is 0 Å². The predicted molar refractivity (Wildman–Crippen MR) is 55.3 cm³/mol. The van der Waals surface area contributed by atoms with Crippen LogP contribution in [0.3, 0.4) is 0 Å². The van der Waals surface area contributed by atoms with Crippen molar-refractivity contribution in [2.75, 3.05) is 4.90 Å². The van der Waals surface area contributed by atoms with Crippen molar-refractivity contribution in [3.63, 3.8) is 0 Å². The molecular formula is C12H13NO. The van der Waals surface area contributed by atoms with Crippen LogP contribution in [0.15, 0.2) is 24.3 Å². The van der Waals surface area contributed by atoms with Gasteiger partial charge in [-0.05, 0) is 30.9 Å². The van der Waals surface area contributed by atoms with Crippen molar-refractivity contribution in [2.24, 2.45) is 0 Å². The van der Waals surface area contributed by atoms with E-state index in [1.165, 1.54) is 24.8 Å². The highest BCUT2D eigenvalue weighted by Crippen LogP contribution is 2.36. The average molecular weight is 187 g/mol. The molecule has 1 aliphatic heterocycles. The van der Waals surface area contributed by atoms with Gasteiger partial charge in [0.25, 0.3) is 0 Å². The Hall–Kier alpha value is -1.31. The molecule has 1 amide bonds. The molecule has 1 aromatic carbocycles. The van der Waals surface area contributed by atoms with Gasteiger partial charge in [0.05, 0.1) is 6.42 Å². The quantitative estimate of drug-likeness (QED) is 0.659. The van der Waals surface area contributed by atoms with Crippen molar-refractivity contribution in [1.82, 2.24) is 0 Å². The molecule has 0 atom stereocenters. The summed E-state index contributed by atoms with van der Waals surface area (Å²) in [6, 6.07) is 8.65. The normalized spacial score (nSPS) is 20.9. The number of nitrogens with zero attached hydrogens (tertiary/aromatic N) is 1. The third-order valence-corrected chi connectivity index (χ3v) is 3.30. The summed E-state index contributed by atoms with van der Waals surface area (Å²) in [6.45, 7) is 0. The molecule has 0 saturated heterocycles. The molecule has 2 heteroatoms. The van der Waals surface area contributed by atoms with Gasteiger partial charge in [-0.15, -0.1) is 0 Å². The molecule has 1 saturated carbocycles. The first-order valence-electron chi connectivity index (χ1n) is 5.26. The van der Waals surface area contributed by atoms with E-state index in [2.05, 4.69) is 12.1 Å². The lowest BCUT2D eigenvalue weighted by atomic mass is 9.91. The van der Waals surface area contributed by atoms with Crippen LogP contribution in [0.5, 0.6) is 0 Å². The second-order valence-corrected chi connectivity index (χ2v) is 4.15. The topological polar surface area (TPSA) is 20.3 Å². The highest BCUT2D eigenvalue weighted by molar-refractivity contribution is 6.01. The second-order valence-electron chi connectivity index (χ2n) is 4.15. The van der Waals surface area contributed by atoms with Crippen molar-refractivity contribution in [3.8, 4) is 0 Å².